The minimum absolute atomic E-state index is 0. The van der Waals surface area contributed by atoms with Crippen molar-refractivity contribution in [3.8, 4) is 0 Å². The van der Waals surface area contributed by atoms with Gasteiger partial charge in [0.15, 0.2) is 0 Å². The molecule has 1 saturated heterocycles. The van der Waals surface area contributed by atoms with Crippen molar-refractivity contribution < 1.29 is 4.79 Å². The normalized spacial score (nSPS) is 27.4. The van der Waals surface area contributed by atoms with Crippen molar-refractivity contribution in [2.24, 2.45) is 13.0 Å². The van der Waals surface area contributed by atoms with Gasteiger partial charge >= 0.3 is 0 Å². The SMILES string of the molecule is CC1CCNC(C)C1NC(=O)c1cnn(C)c1.Cl. The number of hydrogen-bond donors (Lipinski definition) is 2. The minimum Gasteiger partial charge on any atom is -0.347 e. The Hall–Kier alpha value is -1.07. The molecule has 5 nitrogen and oxygen atoms in total. The molecule has 1 amide bonds. The van der Waals surface area contributed by atoms with E-state index in [1.165, 1.54) is 0 Å². The maximum atomic E-state index is 12.0. The third-order valence-electron chi connectivity index (χ3n) is 3.48. The van der Waals surface area contributed by atoms with Crippen LogP contribution in [0.2, 0.25) is 0 Å². The monoisotopic (exact) mass is 272 g/mol. The largest absolute Gasteiger partial charge is 0.347 e. The highest BCUT2D eigenvalue weighted by atomic mass is 35.5. The summed E-state index contributed by atoms with van der Waals surface area (Å²) < 4.78 is 1.64. The Morgan fingerprint density at radius 1 is 1.56 bits per heavy atom. The molecule has 0 aliphatic carbocycles. The van der Waals surface area contributed by atoms with Gasteiger partial charge in [-0.1, -0.05) is 6.92 Å². The van der Waals surface area contributed by atoms with Crippen LogP contribution in [0.3, 0.4) is 0 Å². The molecule has 1 aliphatic rings. The maximum absolute atomic E-state index is 12.0. The molecule has 2 rings (SSSR count). The zero-order chi connectivity index (χ0) is 12.4. The lowest BCUT2D eigenvalue weighted by molar-refractivity contribution is 0.0897. The molecule has 18 heavy (non-hydrogen) atoms. The van der Waals surface area contributed by atoms with Crippen molar-refractivity contribution in [3.05, 3.63) is 18.0 Å². The Balaban J connectivity index is 0.00000162. The first-order valence-electron chi connectivity index (χ1n) is 6.11. The van der Waals surface area contributed by atoms with Crippen molar-refractivity contribution in [2.75, 3.05) is 6.54 Å². The van der Waals surface area contributed by atoms with Crippen LogP contribution in [0.25, 0.3) is 0 Å². The molecule has 0 spiro atoms. The number of halogens is 1. The fourth-order valence-electron chi connectivity index (χ4n) is 2.38. The van der Waals surface area contributed by atoms with Crippen molar-refractivity contribution in [1.29, 1.82) is 0 Å². The lowest BCUT2D eigenvalue weighted by Crippen LogP contribution is -2.55. The molecule has 3 unspecified atom stereocenters. The number of carbonyl (C=O) groups is 1. The second-order valence-corrected chi connectivity index (χ2v) is 4.91. The van der Waals surface area contributed by atoms with Crippen molar-refractivity contribution >= 4 is 18.3 Å². The van der Waals surface area contributed by atoms with Crippen LogP contribution in [0.5, 0.6) is 0 Å². The summed E-state index contributed by atoms with van der Waals surface area (Å²) in [7, 11) is 1.81. The Morgan fingerprint density at radius 3 is 2.83 bits per heavy atom. The van der Waals surface area contributed by atoms with Gasteiger partial charge in [0.2, 0.25) is 0 Å². The molecule has 6 heteroatoms. The van der Waals surface area contributed by atoms with E-state index in [-0.39, 0.29) is 24.4 Å². The molecule has 3 atom stereocenters. The van der Waals surface area contributed by atoms with Crippen molar-refractivity contribution in [2.45, 2.75) is 32.4 Å². The molecule has 0 bridgehead atoms. The molecule has 102 valence electrons. The van der Waals surface area contributed by atoms with E-state index in [4.69, 9.17) is 0 Å². The molecule has 1 aliphatic heterocycles. The molecular formula is C12H21ClN4O. The first-order chi connectivity index (χ1) is 8.08. The Kier molecular flexibility index (Phi) is 5.16. The number of nitrogens with one attached hydrogen (secondary N) is 2. The van der Waals surface area contributed by atoms with E-state index >= 15 is 0 Å². The van der Waals surface area contributed by atoms with E-state index in [0.717, 1.165) is 13.0 Å². The van der Waals surface area contributed by atoms with E-state index in [1.807, 2.05) is 7.05 Å². The van der Waals surface area contributed by atoms with E-state index in [9.17, 15) is 4.79 Å². The van der Waals surface area contributed by atoms with Gasteiger partial charge in [0.05, 0.1) is 11.8 Å². The third-order valence-corrected chi connectivity index (χ3v) is 3.48. The number of aryl methyl sites for hydroxylation is 1. The van der Waals surface area contributed by atoms with Crippen LogP contribution in [0.1, 0.15) is 30.6 Å². The molecule has 2 heterocycles. The molecule has 1 aromatic rings. The van der Waals surface area contributed by atoms with E-state index in [1.54, 1.807) is 17.1 Å². The number of aromatic nitrogens is 2. The zero-order valence-corrected chi connectivity index (χ0v) is 11.8. The Morgan fingerprint density at radius 2 is 2.28 bits per heavy atom. The fourth-order valence-corrected chi connectivity index (χ4v) is 2.38. The maximum Gasteiger partial charge on any atom is 0.254 e. The second-order valence-electron chi connectivity index (χ2n) is 4.91. The minimum atomic E-state index is -0.0366. The highest BCUT2D eigenvalue weighted by molar-refractivity contribution is 5.93. The second kappa shape index (κ2) is 6.20. The molecule has 1 fully saturated rings. The van der Waals surface area contributed by atoms with Gasteiger partial charge in [-0.15, -0.1) is 12.4 Å². The number of nitrogens with zero attached hydrogens (tertiary/aromatic N) is 2. The summed E-state index contributed by atoms with van der Waals surface area (Å²) in [5, 5.41) is 10.5. The summed E-state index contributed by atoms with van der Waals surface area (Å²) in [6.45, 7) is 5.33. The van der Waals surface area contributed by atoms with Crippen molar-refractivity contribution in [1.82, 2.24) is 20.4 Å². The first kappa shape index (κ1) is 15.0. The van der Waals surface area contributed by atoms with Crippen LogP contribution < -0.4 is 10.6 Å². The highest BCUT2D eigenvalue weighted by Crippen LogP contribution is 2.16. The van der Waals surface area contributed by atoms with E-state index in [2.05, 4.69) is 29.6 Å². The van der Waals surface area contributed by atoms with Gasteiger partial charge in [0, 0.05) is 25.3 Å². The van der Waals surface area contributed by atoms with Gasteiger partial charge in [0.25, 0.3) is 5.91 Å². The smallest absolute Gasteiger partial charge is 0.254 e. The lowest BCUT2D eigenvalue weighted by atomic mass is 9.89. The summed E-state index contributed by atoms with van der Waals surface area (Å²) >= 11 is 0. The van der Waals surface area contributed by atoms with Gasteiger partial charge in [-0.05, 0) is 25.8 Å². The fraction of sp³-hybridized carbons (Fsp3) is 0.667. The van der Waals surface area contributed by atoms with Crippen LogP contribution in [0.4, 0.5) is 0 Å². The van der Waals surface area contributed by atoms with Crippen LogP contribution in [0, 0.1) is 5.92 Å². The number of hydrogen-bond acceptors (Lipinski definition) is 3. The van der Waals surface area contributed by atoms with Crippen LogP contribution in [0.15, 0.2) is 12.4 Å². The van der Waals surface area contributed by atoms with Gasteiger partial charge in [0.1, 0.15) is 0 Å². The quantitative estimate of drug-likeness (QED) is 0.843. The average molecular weight is 273 g/mol. The number of rotatable bonds is 2. The molecular weight excluding hydrogens is 252 g/mol. The number of carbonyl (C=O) groups excluding carboxylic acids is 1. The topological polar surface area (TPSA) is 58.9 Å². The first-order valence-corrected chi connectivity index (χ1v) is 6.11. The van der Waals surface area contributed by atoms with Gasteiger partial charge in [-0.25, -0.2) is 0 Å². The Labute approximate surface area is 114 Å². The summed E-state index contributed by atoms with van der Waals surface area (Å²) in [6.07, 6.45) is 4.43. The summed E-state index contributed by atoms with van der Waals surface area (Å²) in [6, 6.07) is 0.510. The summed E-state index contributed by atoms with van der Waals surface area (Å²) in [5.74, 6) is 0.470. The van der Waals surface area contributed by atoms with Gasteiger partial charge in [-0.3, -0.25) is 9.48 Å². The number of amides is 1. The average Bonchev–Trinajstić information content (AvgIpc) is 2.70. The van der Waals surface area contributed by atoms with Gasteiger partial charge in [-0.2, -0.15) is 5.10 Å². The van der Waals surface area contributed by atoms with Crippen molar-refractivity contribution in [3.63, 3.8) is 0 Å². The third kappa shape index (κ3) is 3.23. The lowest BCUT2D eigenvalue weighted by Gasteiger charge is -2.35. The van der Waals surface area contributed by atoms with E-state index < -0.39 is 0 Å². The molecule has 2 N–H and O–H groups in total. The Bertz CT molecular complexity index is 397. The van der Waals surface area contributed by atoms with Crippen LogP contribution in [-0.2, 0) is 7.05 Å². The molecule has 0 radical (unpaired) electrons. The molecule has 0 aromatic carbocycles. The zero-order valence-electron chi connectivity index (χ0n) is 11.0. The molecule has 0 saturated carbocycles. The standard InChI is InChI=1S/C12H20N4O.ClH/c1-8-4-5-13-9(2)11(8)15-12(17)10-6-14-16(3)7-10;/h6-9,11,13H,4-5H2,1-3H3,(H,15,17);1H. The van der Waals surface area contributed by atoms with Gasteiger partial charge < -0.3 is 10.6 Å². The summed E-state index contributed by atoms with van der Waals surface area (Å²) in [5.41, 5.74) is 0.623. The highest BCUT2D eigenvalue weighted by Gasteiger charge is 2.29. The predicted octanol–water partition coefficient (Wildman–Crippen LogP) is 0.958. The number of piperidine rings is 1. The van der Waals surface area contributed by atoms with Crippen LogP contribution in [-0.4, -0.2) is 34.3 Å². The van der Waals surface area contributed by atoms with E-state index in [0.29, 0.717) is 17.5 Å². The molecule has 1 aromatic heterocycles. The summed E-state index contributed by atoms with van der Waals surface area (Å²) in [4.78, 5) is 12.0. The predicted molar refractivity (Wildman–Crippen MR) is 73.0 cm³/mol. The van der Waals surface area contributed by atoms with Crippen LogP contribution >= 0.6 is 12.4 Å².